The van der Waals surface area contributed by atoms with Crippen LogP contribution in [0, 0.1) is 17.1 Å². The second-order valence-electron chi connectivity index (χ2n) is 4.03. The molecular formula is C14H13FN4. The Bertz CT molecular complexity index is 592. The number of aryl methyl sites for hydroxylation is 1. The molecule has 0 saturated carbocycles. The molecule has 0 unspecified atom stereocenters. The lowest BCUT2D eigenvalue weighted by Crippen LogP contribution is -2.07. The third kappa shape index (κ3) is 3.75. The molecule has 0 aliphatic heterocycles. The summed E-state index contributed by atoms with van der Waals surface area (Å²) in [4.78, 5) is 7.96. The summed E-state index contributed by atoms with van der Waals surface area (Å²) in [6.07, 6.45) is 4.62. The van der Waals surface area contributed by atoms with Gasteiger partial charge in [0, 0.05) is 18.9 Å². The Morgan fingerprint density at radius 1 is 1.26 bits per heavy atom. The topological polar surface area (TPSA) is 61.6 Å². The predicted octanol–water partition coefficient (Wildman–Crippen LogP) is 2.53. The molecule has 4 nitrogen and oxygen atoms in total. The number of nitriles is 1. The molecule has 0 saturated heterocycles. The molecule has 0 amide bonds. The standard InChI is InChI=1S/C14H13FN4/c15-12-5-1-3-11(9-12)4-2-6-18-14-13(10-16)17-7-8-19-14/h1,3,5,7-9H,2,4,6H2,(H,18,19). The highest BCUT2D eigenvalue weighted by atomic mass is 19.1. The van der Waals surface area contributed by atoms with Gasteiger partial charge in [-0.25, -0.2) is 14.4 Å². The number of nitrogens with zero attached hydrogens (tertiary/aromatic N) is 3. The van der Waals surface area contributed by atoms with Gasteiger partial charge >= 0.3 is 0 Å². The molecule has 0 fully saturated rings. The van der Waals surface area contributed by atoms with Crippen LogP contribution in [0.1, 0.15) is 17.7 Å². The molecule has 1 N–H and O–H groups in total. The van der Waals surface area contributed by atoms with Gasteiger partial charge in [-0.2, -0.15) is 5.26 Å². The number of nitrogens with one attached hydrogen (secondary N) is 1. The number of aromatic nitrogens is 2. The third-order valence-corrected chi connectivity index (χ3v) is 2.63. The average Bonchev–Trinajstić information content (AvgIpc) is 2.44. The van der Waals surface area contributed by atoms with Crippen LogP contribution in [-0.2, 0) is 6.42 Å². The van der Waals surface area contributed by atoms with E-state index in [0.717, 1.165) is 18.4 Å². The van der Waals surface area contributed by atoms with E-state index in [1.165, 1.54) is 24.5 Å². The quantitative estimate of drug-likeness (QED) is 0.835. The highest BCUT2D eigenvalue weighted by molar-refractivity contribution is 5.46. The summed E-state index contributed by atoms with van der Waals surface area (Å²) < 4.78 is 13.0. The second kappa shape index (κ2) is 6.45. The first-order chi connectivity index (χ1) is 9.29. The number of anilines is 1. The van der Waals surface area contributed by atoms with Crippen molar-refractivity contribution in [1.82, 2.24) is 9.97 Å². The number of benzene rings is 1. The maximum Gasteiger partial charge on any atom is 0.182 e. The summed E-state index contributed by atoms with van der Waals surface area (Å²) >= 11 is 0. The fourth-order valence-electron chi connectivity index (χ4n) is 1.74. The van der Waals surface area contributed by atoms with Crippen LogP contribution >= 0.6 is 0 Å². The van der Waals surface area contributed by atoms with Crippen molar-refractivity contribution in [3.63, 3.8) is 0 Å². The van der Waals surface area contributed by atoms with Crippen molar-refractivity contribution < 1.29 is 4.39 Å². The summed E-state index contributed by atoms with van der Waals surface area (Å²) in [5.74, 6) is 0.274. The normalized spacial score (nSPS) is 9.89. The summed E-state index contributed by atoms with van der Waals surface area (Å²) in [6, 6.07) is 8.54. The summed E-state index contributed by atoms with van der Waals surface area (Å²) in [6.45, 7) is 0.657. The Balaban J connectivity index is 1.83. The van der Waals surface area contributed by atoms with Crippen molar-refractivity contribution in [2.75, 3.05) is 11.9 Å². The molecule has 2 aromatic rings. The van der Waals surface area contributed by atoms with Gasteiger partial charge in [0.15, 0.2) is 11.5 Å². The van der Waals surface area contributed by atoms with Crippen LogP contribution in [0.3, 0.4) is 0 Å². The molecular weight excluding hydrogens is 243 g/mol. The van der Waals surface area contributed by atoms with Gasteiger partial charge in [0.1, 0.15) is 11.9 Å². The van der Waals surface area contributed by atoms with Crippen LogP contribution in [0.25, 0.3) is 0 Å². The first-order valence-electron chi connectivity index (χ1n) is 5.99. The fraction of sp³-hybridized carbons (Fsp3) is 0.214. The molecule has 2 rings (SSSR count). The van der Waals surface area contributed by atoms with Gasteiger partial charge < -0.3 is 5.32 Å². The Kier molecular flexibility index (Phi) is 4.40. The van der Waals surface area contributed by atoms with Crippen LogP contribution < -0.4 is 5.32 Å². The van der Waals surface area contributed by atoms with E-state index < -0.39 is 0 Å². The Hall–Kier alpha value is -2.48. The van der Waals surface area contributed by atoms with E-state index in [1.807, 2.05) is 12.1 Å². The van der Waals surface area contributed by atoms with E-state index in [4.69, 9.17) is 5.26 Å². The van der Waals surface area contributed by atoms with E-state index in [2.05, 4.69) is 15.3 Å². The van der Waals surface area contributed by atoms with Gasteiger partial charge in [-0.15, -0.1) is 0 Å². The monoisotopic (exact) mass is 256 g/mol. The van der Waals surface area contributed by atoms with Crippen molar-refractivity contribution >= 4 is 5.82 Å². The minimum Gasteiger partial charge on any atom is -0.368 e. The van der Waals surface area contributed by atoms with Crippen LogP contribution in [0.15, 0.2) is 36.7 Å². The summed E-state index contributed by atoms with van der Waals surface area (Å²) in [5, 5.41) is 11.9. The highest BCUT2D eigenvalue weighted by Gasteiger charge is 2.02. The first kappa shape index (κ1) is 13.0. The maximum absolute atomic E-state index is 13.0. The van der Waals surface area contributed by atoms with Gasteiger partial charge in [-0.05, 0) is 30.5 Å². The molecule has 5 heteroatoms. The SMILES string of the molecule is N#Cc1nccnc1NCCCc1cccc(F)c1. The molecule has 1 aromatic heterocycles. The largest absolute Gasteiger partial charge is 0.368 e. The average molecular weight is 256 g/mol. The predicted molar refractivity (Wildman–Crippen MR) is 70.0 cm³/mol. The van der Waals surface area contributed by atoms with Crippen LogP contribution in [0.5, 0.6) is 0 Å². The van der Waals surface area contributed by atoms with Crippen LogP contribution in [-0.4, -0.2) is 16.5 Å². The summed E-state index contributed by atoms with van der Waals surface area (Å²) in [7, 11) is 0. The molecule has 0 aliphatic carbocycles. The second-order valence-corrected chi connectivity index (χ2v) is 4.03. The van der Waals surface area contributed by atoms with Crippen LogP contribution in [0.2, 0.25) is 0 Å². The Morgan fingerprint density at radius 2 is 2.11 bits per heavy atom. The van der Waals surface area contributed by atoms with Crippen molar-refractivity contribution in [3.05, 3.63) is 53.7 Å². The number of hydrogen-bond donors (Lipinski definition) is 1. The lowest BCUT2D eigenvalue weighted by molar-refractivity contribution is 0.624. The van der Waals surface area contributed by atoms with Gasteiger partial charge in [0.2, 0.25) is 0 Å². The molecule has 19 heavy (non-hydrogen) atoms. The van der Waals surface area contributed by atoms with E-state index in [1.54, 1.807) is 6.07 Å². The molecule has 1 aromatic carbocycles. The zero-order valence-electron chi connectivity index (χ0n) is 10.3. The van der Waals surface area contributed by atoms with Crippen LogP contribution in [0.4, 0.5) is 10.2 Å². The van der Waals surface area contributed by atoms with E-state index in [0.29, 0.717) is 12.4 Å². The lowest BCUT2D eigenvalue weighted by Gasteiger charge is -2.06. The number of hydrogen-bond acceptors (Lipinski definition) is 4. The Labute approximate surface area is 110 Å². The van der Waals surface area contributed by atoms with E-state index >= 15 is 0 Å². The molecule has 96 valence electrons. The number of rotatable bonds is 5. The molecule has 0 radical (unpaired) electrons. The Morgan fingerprint density at radius 3 is 2.89 bits per heavy atom. The molecule has 1 heterocycles. The van der Waals surface area contributed by atoms with Gasteiger partial charge in [0.25, 0.3) is 0 Å². The van der Waals surface area contributed by atoms with Crippen molar-refractivity contribution in [1.29, 1.82) is 5.26 Å². The van der Waals surface area contributed by atoms with E-state index in [-0.39, 0.29) is 11.5 Å². The minimum atomic E-state index is -0.217. The molecule has 0 bridgehead atoms. The first-order valence-corrected chi connectivity index (χ1v) is 5.99. The fourth-order valence-corrected chi connectivity index (χ4v) is 1.74. The van der Waals surface area contributed by atoms with Gasteiger partial charge in [0.05, 0.1) is 0 Å². The van der Waals surface area contributed by atoms with Gasteiger partial charge in [-0.3, -0.25) is 0 Å². The van der Waals surface area contributed by atoms with Gasteiger partial charge in [-0.1, -0.05) is 12.1 Å². The third-order valence-electron chi connectivity index (χ3n) is 2.63. The molecule has 0 spiro atoms. The van der Waals surface area contributed by atoms with Crippen molar-refractivity contribution in [2.24, 2.45) is 0 Å². The number of halogens is 1. The molecule has 0 aliphatic rings. The maximum atomic E-state index is 13.0. The molecule has 0 atom stereocenters. The van der Waals surface area contributed by atoms with E-state index in [9.17, 15) is 4.39 Å². The smallest absolute Gasteiger partial charge is 0.182 e. The van der Waals surface area contributed by atoms with Crippen molar-refractivity contribution in [2.45, 2.75) is 12.8 Å². The zero-order chi connectivity index (χ0) is 13.5. The lowest BCUT2D eigenvalue weighted by atomic mass is 10.1. The highest BCUT2D eigenvalue weighted by Crippen LogP contribution is 2.08. The minimum absolute atomic E-state index is 0.217. The zero-order valence-corrected chi connectivity index (χ0v) is 10.3. The summed E-state index contributed by atoms with van der Waals surface area (Å²) in [5.41, 5.74) is 1.25. The van der Waals surface area contributed by atoms with Crippen molar-refractivity contribution in [3.8, 4) is 6.07 Å².